The number of hydrogen-bond donors (Lipinski definition) is 1. The van der Waals surface area contributed by atoms with E-state index < -0.39 is 9.84 Å². The molecule has 2 N–H and O–H groups in total. The number of hydrogen-bond acceptors (Lipinski definition) is 8. The molecule has 1 aromatic carbocycles. The Morgan fingerprint density at radius 3 is 2.63 bits per heavy atom. The molecule has 0 aliphatic heterocycles. The summed E-state index contributed by atoms with van der Waals surface area (Å²) in [5.41, 5.74) is 9.96. The fraction of sp³-hybridized carbons (Fsp3) is 0.222. The number of nitrogens with two attached hydrogens (primary N) is 1. The Morgan fingerprint density at radius 1 is 1.11 bits per heavy atom. The minimum Gasteiger partial charge on any atom is -0.383 e. The number of aromatic nitrogens is 5. The largest absolute Gasteiger partial charge is 0.383 e. The molecule has 6 rings (SSSR count). The summed E-state index contributed by atoms with van der Waals surface area (Å²) < 4.78 is 26.9. The highest BCUT2D eigenvalue weighted by Crippen LogP contribution is 2.39. The number of pyridine rings is 3. The molecule has 0 bridgehead atoms. The molecule has 38 heavy (non-hydrogen) atoms. The maximum Gasteiger partial charge on any atom is 0.260 e. The third-order valence-corrected chi connectivity index (χ3v) is 7.80. The van der Waals surface area contributed by atoms with Gasteiger partial charge in [0.1, 0.15) is 5.82 Å². The van der Waals surface area contributed by atoms with Crippen molar-refractivity contribution < 1.29 is 13.2 Å². The summed E-state index contributed by atoms with van der Waals surface area (Å²) in [6.07, 6.45) is 7.92. The van der Waals surface area contributed by atoms with Gasteiger partial charge < -0.3 is 10.6 Å². The Balaban J connectivity index is 1.45. The number of carbonyl (C=O) groups is 1. The van der Waals surface area contributed by atoms with Crippen LogP contribution in [0.5, 0.6) is 0 Å². The molecule has 0 atom stereocenters. The Kier molecular flexibility index (Phi) is 5.60. The molecule has 0 spiro atoms. The molecule has 1 aliphatic carbocycles. The van der Waals surface area contributed by atoms with Gasteiger partial charge in [0.2, 0.25) is 0 Å². The fourth-order valence-electron chi connectivity index (χ4n) is 4.73. The maximum absolute atomic E-state index is 13.8. The number of fused-ring (bicyclic) bond motifs is 3. The Bertz CT molecular complexity index is 1830. The molecule has 1 fully saturated rings. The van der Waals surface area contributed by atoms with Gasteiger partial charge >= 0.3 is 0 Å². The van der Waals surface area contributed by atoms with Gasteiger partial charge in [-0.2, -0.15) is 5.10 Å². The van der Waals surface area contributed by atoms with Crippen LogP contribution in [0, 0.1) is 0 Å². The van der Waals surface area contributed by atoms with E-state index in [0.29, 0.717) is 22.8 Å². The molecule has 1 aliphatic rings. The van der Waals surface area contributed by atoms with Crippen LogP contribution in [-0.2, 0) is 23.4 Å². The summed E-state index contributed by atoms with van der Waals surface area (Å²) in [5.74, 6) is 0.431. The highest BCUT2D eigenvalue weighted by atomic mass is 32.2. The summed E-state index contributed by atoms with van der Waals surface area (Å²) in [6, 6.07) is 12.5. The highest BCUT2D eigenvalue weighted by Gasteiger charge is 2.28. The van der Waals surface area contributed by atoms with Crippen LogP contribution >= 0.6 is 0 Å². The Morgan fingerprint density at radius 2 is 1.92 bits per heavy atom. The first-order chi connectivity index (χ1) is 18.2. The first-order valence-electron chi connectivity index (χ1n) is 12.1. The molecule has 11 heteroatoms. The smallest absolute Gasteiger partial charge is 0.260 e. The second kappa shape index (κ2) is 8.88. The van der Waals surface area contributed by atoms with Crippen molar-refractivity contribution >= 4 is 49.1 Å². The van der Waals surface area contributed by atoms with Crippen LogP contribution in [0.1, 0.15) is 40.4 Å². The van der Waals surface area contributed by atoms with Crippen LogP contribution in [0.4, 0.5) is 11.5 Å². The zero-order chi connectivity index (χ0) is 26.6. The third kappa shape index (κ3) is 4.24. The summed E-state index contributed by atoms with van der Waals surface area (Å²) in [5, 5.41) is 5.76. The second-order valence-corrected chi connectivity index (χ2v) is 11.5. The van der Waals surface area contributed by atoms with Gasteiger partial charge in [-0.15, -0.1) is 0 Å². The van der Waals surface area contributed by atoms with Crippen molar-refractivity contribution in [1.82, 2.24) is 24.7 Å². The number of nitrogens with zero attached hydrogens (tertiary/aromatic N) is 6. The Hall–Kier alpha value is -4.38. The van der Waals surface area contributed by atoms with E-state index in [0.717, 1.165) is 46.6 Å². The summed E-state index contributed by atoms with van der Waals surface area (Å²) in [4.78, 5) is 28.4. The van der Waals surface area contributed by atoms with E-state index in [1.54, 1.807) is 35.3 Å². The molecule has 1 amide bonds. The van der Waals surface area contributed by atoms with Gasteiger partial charge in [0.15, 0.2) is 14.9 Å². The predicted molar refractivity (Wildman–Crippen MR) is 144 cm³/mol. The van der Waals surface area contributed by atoms with E-state index in [1.807, 2.05) is 31.3 Å². The number of benzene rings is 1. The average molecular weight is 528 g/mol. The van der Waals surface area contributed by atoms with Crippen LogP contribution < -0.4 is 10.6 Å². The molecule has 4 heterocycles. The first-order valence-corrected chi connectivity index (χ1v) is 14.0. The zero-order valence-electron chi connectivity index (χ0n) is 20.9. The van der Waals surface area contributed by atoms with Gasteiger partial charge in [-0.1, -0.05) is 12.1 Å². The van der Waals surface area contributed by atoms with Crippen LogP contribution in [0.2, 0.25) is 0 Å². The zero-order valence-corrected chi connectivity index (χ0v) is 21.7. The molecule has 5 aromatic rings. The SMILES string of the molecule is Cn1ncc2c(N)nc3cc(CN(C(=O)c4ccc(C5CC5)nc4)c4cccnc4S(C)(=O)=O)ccc3c21. The van der Waals surface area contributed by atoms with Gasteiger partial charge in [-0.3, -0.25) is 14.5 Å². The van der Waals surface area contributed by atoms with E-state index in [2.05, 4.69) is 20.1 Å². The van der Waals surface area contributed by atoms with Crippen molar-refractivity contribution in [3.8, 4) is 0 Å². The van der Waals surface area contributed by atoms with Crippen LogP contribution in [0.15, 0.2) is 66.1 Å². The van der Waals surface area contributed by atoms with Crippen LogP contribution in [-0.4, -0.2) is 45.3 Å². The van der Waals surface area contributed by atoms with Crippen molar-refractivity contribution in [2.75, 3.05) is 16.9 Å². The quantitative estimate of drug-likeness (QED) is 0.353. The minimum atomic E-state index is -3.72. The van der Waals surface area contributed by atoms with Gasteiger partial charge in [0.05, 0.1) is 40.4 Å². The minimum absolute atomic E-state index is 0.0817. The first kappa shape index (κ1) is 24.0. The normalized spacial score (nSPS) is 13.7. The predicted octanol–water partition coefficient (Wildman–Crippen LogP) is 3.62. The van der Waals surface area contributed by atoms with E-state index in [9.17, 15) is 13.2 Å². The third-order valence-electron chi connectivity index (χ3n) is 6.78. The number of anilines is 2. The lowest BCUT2D eigenvalue weighted by molar-refractivity contribution is 0.0984. The summed E-state index contributed by atoms with van der Waals surface area (Å²) in [7, 11) is -1.88. The van der Waals surface area contributed by atoms with Gasteiger partial charge in [0.25, 0.3) is 5.91 Å². The molecule has 0 radical (unpaired) electrons. The van der Waals surface area contributed by atoms with Crippen molar-refractivity contribution in [2.45, 2.75) is 30.3 Å². The van der Waals surface area contributed by atoms with E-state index in [1.165, 1.54) is 11.1 Å². The maximum atomic E-state index is 13.8. The molecule has 0 saturated heterocycles. The van der Waals surface area contributed by atoms with Gasteiger partial charge in [0, 0.05) is 42.7 Å². The number of amides is 1. The summed E-state index contributed by atoms with van der Waals surface area (Å²) in [6.45, 7) is 0.0817. The van der Waals surface area contributed by atoms with Crippen LogP contribution in [0.25, 0.3) is 21.8 Å². The molecule has 0 unspecified atom stereocenters. The van der Waals surface area contributed by atoms with Crippen molar-refractivity contribution in [3.05, 3.63) is 77.9 Å². The number of rotatable bonds is 6. The van der Waals surface area contributed by atoms with E-state index in [4.69, 9.17) is 5.73 Å². The average Bonchev–Trinajstić information content (AvgIpc) is 3.68. The molecule has 4 aromatic heterocycles. The second-order valence-electron chi connectivity index (χ2n) is 9.62. The molecular formula is C27H25N7O3S. The van der Waals surface area contributed by atoms with E-state index >= 15 is 0 Å². The van der Waals surface area contributed by atoms with Gasteiger partial charge in [-0.05, 0) is 48.7 Å². The fourth-order valence-corrected chi connectivity index (χ4v) is 5.54. The molecule has 192 valence electrons. The lowest BCUT2D eigenvalue weighted by Crippen LogP contribution is -2.32. The lowest BCUT2D eigenvalue weighted by Gasteiger charge is -2.24. The van der Waals surface area contributed by atoms with Crippen molar-refractivity contribution in [1.29, 1.82) is 0 Å². The molecular weight excluding hydrogens is 502 g/mol. The standard InChI is InChI=1S/C27H25N7O3S/c1-33-24-19-9-5-16(12-22(19)32-25(28)20(24)14-31-33)15-34(23-4-3-11-29-26(23)38(2,36)37)27(35)18-8-10-21(30-13-18)17-6-7-17/h3-5,8-14,17H,6-7,15H2,1-2H3,(H2,28,32). The van der Waals surface area contributed by atoms with E-state index in [-0.39, 0.29) is 23.2 Å². The molecule has 1 saturated carbocycles. The number of nitrogen functional groups attached to an aromatic ring is 1. The number of sulfone groups is 1. The monoisotopic (exact) mass is 527 g/mol. The van der Waals surface area contributed by atoms with Crippen molar-refractivity contribution in [3.63, 3.8) is 0 Å². The highest BCUT2D eigenvalue weighted by molar-refractivity contribution is 7.90. The lowest BCUT2D eigenvalue weighted by atomic mass is 10.1. The van der Waals surface area contributed by atoms with Gasteiger partial charge in [-0.25, -0.2) is 18.4 Å². The van der Waals surface area contributed by atoms with Crippen LogP contribution in [0.3, 0.4) is 0 Å². The topological polar surface area (TPSA) is 137 Å². The number of aryl methyl sites for hydroxylation is 1. The molecule has 10 nitrogen and oxygen atoms in total. The summed E-state index contributed by atoms with van der Waals surface area (Å²) >= 11 is 0. The van der Waals surface area contributed by atoms with Crippen molar-refractivity contribution in [2.24, 2.45) is 7.05 Å². The number of carbonyl (C=O) groups excluding carboxylic acids is 1. The Labute approximate surface area is 219 Å².